The molecular weight excluding hydrogens is 1580 g/mol. The summed E-state index contributed by atoms with van der Waals surface area (Å²) in [6.07, 6.45) is 23.0. The van der Waals surface area contributed by atoms with Crippen LogP contribution in [0.1, 0.15) is 55.9 Å². The van der Waals surface area contributed by atoms with E-state index >= 15 is 0 Å². The zero-order valence-electron chi connectivity index (χ0n) is 66.8. The molecule has 0 amide bonds. The molecule has 0 aromatic carbocycles. The summed E-state index contributed by atoms with van der Waals surface area (Å²) in [5.41, 5.74) is 11.8. The van der Waals surface area contributed by atoms with Crippen molar-refractivity contribution in [3.8, 4) is 91.8 Å². The molecule has 1 aliphatic carbocycles. The second-order valence-corrected chi connectivity index (χ2v) is 39.7. The molecule has 16 heterocycles. The van der Waals surface area contributed by atoms with Gasteiger partial charge in [0.15, 0.2) is 0 Å². The average Bonchev–Trinajstić information content (AvgIpc) is 1.32. The molecule has 5 fully saturated rings. The molecule has 0 spiro atoms. The first-order valence-corrected chi connectivity index (χ1v) is 46.0. The van der Waals surface area contributed by atoms with Gasteiger partial charge >= 0.3 is 0 Å². The van der Waals surface area contributed by atoms with Gasteiger partial charge in [0.25, 0.3) is 0 Å². The van der Waals surface area contributed by atoms with Crippen LogP contribution < -0.4 is 38.5 Å². The van der Waals surface area contributed by atoms with E-state index in [4.69, 9.17) is 18.9 Å². The lowest BCUT2D eigenvalue weighted by molar-refractivity contribution is 0.241. The number of anilines is 4. The van der Waals surface area contributed by atoms with E-state index in [1.165, 1.54) is 12.8 Å². The molecule has 0 bridgehead atoms. The third kappa shape index (κ3) is 18.2. The van der Waals surface area contributed by atoms with Crippen LogP contribution in [0.2, 0.25) is 0 Å². The summed E-state index contributed by atoms with van der Waals surface area (Å²) in [7, 11) is -0.0907. The molecule has 0 N–H and O–H groups in total. The molecule has 32 nitrogen and oxygen atoms in total. The van der Waals surface area contributed by atoms with E-state index in [1.54, 1.807) is 115 Å². The van der Waals surface area contributed by atoms with Crippen LogP contribution in [0, 0.1) is 51.2 Å². The molecule has 5 aliphatic rings. The molecule has 12 aromatic rings. The standard InChI is InChI=1S/C22H24N6O2S.C21H24N6O2S.C20H22N6O2S.C19H20N6O2S/c1-24-31(29)8-6-27(7-9-31)21-5-4-17(12-25-21)20-10-19(30-15-16-2-3-16)14-28-22(20)18(11-23)13-26-28;1-15(2)29-18-10-19(21-17(11-22)13-25-27(21)14-18)16-4-5-20(24-12-16)26-6-8-30(28,23-3)9-7-26;1-3-28-17-10-18(20-16(11-21)13-24-26(20)14-17)15-4-5-19(23-12-15)25-6-8-29(27,22-2)9-7-25;1-21-28(26)7-5-24(6-8-28)18-4-3-14(11-22-18)17-9-16(27-2)13-25-19(17)15(10-20)12-23-25/h4-5,10,12-14,16H,2-3,6-9,15H2,1H3;4-5,10,12-15H,6-9H2,1-3H3;4-5,10,12-14H,3,6-9H2,1-2H3;3-4,9,11-13H,5-8H2,1-2H3. The van der Waals surface area contributed by atoms with E-state index in [9.17, 15) is 37.9 Å². The van der Waals surface area contributed by atoms with Gasteiger partial charge in [-0.3, -0.25) is 0 Å². The van der Waals surface area contributed by atoms with Crippen LogP contribution in [0.5, 0.6) is 23.0 Å². The summed E-state index contributed by atoms with van der Waals surface area (Å²) in [5, 5.41) is 55.1. The van der Waals surface area contributed by atoms with Crippen LogP contribution >= 0.6 is 0 Å². The summed E-state index contributed by atoms with van der Waals surface area (Å²) >= 11 is 0. The van der Waals surface area contributed by atoms with E-state index in [1.807, 2.05) is 106 Å². The first-order chi connectivity index (χ1) is 57.1. The summed E-state index contributed by atoms with van der Waals surface area (Å²) in [4.78, 5) is 27.1. The predicted molar refractivity (Wildman–Crippen MR) is 458 cm³/mol. The van der Waals surface area contributed by atoms with Crippen LogP contribution in [0.15, 0.2) is 165 Å². The van der Waals surface area contributed by atoms with Gasteiger partial charge in [0.05, 0.1) is 120 Å². The highest BCUT2D eigenvalue weighted by molar-refractivity contribution is 7.94. The first-order valence-electron chi connectivity index (χ1n) is 38.5. The lowest BCUT2D eigenvalue weighted by atomic mass is 10.1. The number of methoxy groups -OCH3 is 1. The molecular formula is C82H90N24O8S4. The van der Waals surface area contributed by atoms with Crippen molar-refractivity contribution in [2.24, 2.45) is 23.4 Å². The van der Waals surface area contributed by atoms with Gasteiger partial charge in [0.2, 0.25) is 0 Å². The summed E-state index contributed by atoms with van der Waals surface area (Å²) in [6, 6.07) is 32.3. The average molecular weight is 1670 g/mol. The van der Waals surface area contributed by atoms with Crippen molar-refractivity contribution >= 4 is 84.3 Å². The second kappa shape index (κ2) is 35.5. The Morgan fingerprint density at radius 2 is 0.678 bits per heavy atom. The molecule has 4 saturated heterocycles. The van der Waals surface area contributed by atoms with Crippen LogP contribution in [0.3, 0.4) is 0 Å². The molecule has 17 rings (SSSR count). The molecule has 0 atom stereocenters. The maximum Gasteiger partial charge on any atom is 0.138 e. The molecule has 118 heavy (non-hydrogen) atoms. The number of aromatic nitrogens is 12. The number of hydrogen-bond acceptors (Lipinski definition) is 28. The lowest BCUT2D eigenvalue weighted by Gasteiger charge is -2.29. The van der Waals surface area contributed by atoms with Crippen molar-refractivity contribution in [3.05, 3.63) is 169 Å². The largest absolute Gasteiger partial charge is 0.495 e. The van der Waals surface area contributed by atoms with Crippen molar-refractivity contribution in [2.75, 3.05) is 166 Å². The smallest absolute Gasteiger partial charge is 0.138 e. The SMILES string of the molecule is CCOc1cc(-c2ccc(N3CCS(=O)(=NC)CC3)nc2)c2c(C#N)cnn2c1.CN=S1(=O)CCN(c2ccc(-c3cc(OC(C)C)cn4ncc(C#N)c34)cn2)CC1.CN=S1(=O)CCN(c2ccc(-c3cc(OC)cn4ncc(C#N)c34)cn2)CC1.CN=S1(=O)CCN(c2ccc(-c3cc(OCC4CC4)cn4ncc(C#N)c34)cn2)CC1. The molecule has 12 aromatic heterocycles. The minimum atomic E-state index is -2.06. The number of nitriles is 4. The third-order valence-corrected chi connectivity index (χ3v) is 30.5. The summed E-state index contributed by atoms with van der Waals surface area (Å²) in [6.45, 7) is 12.5. The summed E-state index contributed by atoms with van der Waals surface area (Å²) in [5.74, 6) is 11.3. The molecule has 0 unspecified atom stereocenters. The number of ether oxygens (including phenoxy) is 4. The number of rotatable bonds is 16. The quantitative estimate of drug-likeness (QED) is 0.0867. The predicted octanol–water partition coefficient (Wildman–Crippen LogP) is 10.7. The number of hydrogen-bond donors (Lipinski definition) is 0. The van der Waals surface area contributed by atoms with E-state index in [0.29, 0.717) is 157 Å². The van der Waals surface area contributed by atoms with E-state index in [-0.39, 0.29) is 6.10 Å². The molecule has 4 aliphatic heterocycles. The lowest BCUT2D eigenvalue weighted by Crippen LogP contribution is -2.40. The third-order valence-electron chi connectivity index (χ3n) is 21.2. The monoisotopic (exact) mass is 1670 g/mol. The Labute approximate surface area is 686 Å². The minimum Gasteiger partial charge on any atom is -0.495 e. The Morgan fingerprint density at radius 3 is 0.924 bits per heavy atom. The van der Waals surface area contributed by atoms with Crippen molar-refractivity contribution in [2.45, 2.75) is 39.7 Å². The van der Waals surface area contributed by atoms with Gasteiger partial charge in [0, 0.05) is 235 Å². The van der Waals surface area contributed by atoms with Gasteiger partial charge in [-0.2, -0.15) is 41.4 Å². The molecule has 0 radical (unpaired) electrons. The number of nitrogens with zero attached hydrogens (tertiary/aromatic N) is 24. The van der Waals surface area contributed by atoms with Gasteiger partial charge in [-0.05, 0) is 112 Å². The van der Waals surface area contributed by atoms with E-state index < -0.39 is 38.9 Å². The normalized spacial score (nSPS) is 16.4. The van der Waals surface area contributed by atoms with Crippen LogP contribution in [0.25, 0.3) is 66.6 Å². The van der Waals surface area contributed by atoms with Gasteiger partial charge in [-0.1, -0.05) is 0 Å². The number of pyridine rings is 8. The highest BCUT2D eigenvalue weighted by Gasteiger charge is 2.28. The fourth-order valence-electron chi connectivity index (χ4n) is 14.3. The second-order valence-electron chi connectivity index (χ2n) is 28.8. The summed E-state index contributed by atoms with van der Waals surface area (Å²) < 4.78 is 95.4. The van der Waals surface area contributed by atoms with Gasteiger partial charge in [-0.25, -0.2) is 72.3 Å². The zero-order chi connectivity index (χ0) is 82.9. The Hall–Kier alpha value is -12.5. The maximum atomic E-state index is 12.4. The minimum absolute atomic E-state index is 0.0195. The number of fused-ring (bicyclic) bond motifs is 4. The van der Waals surface area contributed by atoms with Crippen molar-refractivity contribution in [3.63, 3.8) is 0 Å². The Bertz CT molecular complexity index is 6400. The van der Waals surface area contributed by atoms with Crippen LogP contribution in [-0.2, 0) is 38.9 Å². The Balaban J connectivity index is 0.000000129. The van der Waals surface area contributed by atoms with Gasteiger partial charge in [-0.15, -0.1) is 0 Å². The van der Waals surface area contributed by atoms with E-state index in [2.05, 4.69) is 102 Å². The molecule has 36 heteroatoms. The zero-order valence-corrected chi connectivity index (χ0v) is 70.1. The fraction of sp³-hybridized carbons (Fsp3) is 0.366. The molecule has 610 valence electrons. The highest BCUT2D eigenvalue weighted by Crippen LogP contribution is 2.38. The van der Waals surface area contributed by atoms with Crippen LogP contribution in [-0.4, -0.2) is 228 Å². The van der Waals surface area contributed by atoms with Gasteiger partial charge < -0.3 is 38.5 Å². The van der Waals surface area contributed by atoms with Gasteiger partial charge in [0.1, 0.15) is 70.5 Å². The Kier molecular flexibility index (Phi) is 24.7. The Morgan fingerprint density at radius 1 is 0.407 bits per heavy atom. The highest BCUT2D eigenvalue weighted by atomic mass is 32.2. The fourth-order valence-corrected chi connectivity index (χ4v) is 20.6. The van der Waals surface area contributed by atoms with Crippen molar-refractivity contribution in [1.82, 2.24) is 58.4 Å². The molecule has 1 saturated carbocycles. The van der Waals surface area contributed by atoms with Crippen molar-refractivity contribution in [1.29, 1.82) is 21.0 Å². The van der Waals surface area contributed by atoms with E-state index in [0.717, 1.165) is 95.6 Å². The van der Waals surface area contributed by atoms with Crippen LogP contribution in [0.4, 0.5) is 23.3 Å². The maximum absolute atomic E-state index is 12.4. The topological polar surface area (TPSA) is 384 Å². The first kappa shape index (κ1) is 82.1. The van der Waals surface area contributed by atoms with Crippen molar-refractivity contribution < 1.29 is 35.8 Å².